The van der Waals surface area contributed by atoms with Gasteiger partial charge in [-0.3, -0.25) is 0 Å². The van der Waals surface area contributed by atoms with Gasteiger partial charge in [0.05, 0.1) is 0 Å². The molecular weight excluding hydrogens is 377 g/mol. The van der Waals surface area contributed by atoms with Crippen LogP contribution in [0, 0.1) is 6.92 Å². The topological polar surface area (TPSA) is 49.4 Å². The molecule has 0 spiro atoms. The molecule has 0 aromatic heterocycles. The summed E-state index contributed by atoms with van der Waals surface area (Å²) in [6, 6.07) is 14.5. The predicted molar refractivity (Wildman–Crippen MR) is 98.7 cm³/mol. The van der Waals surface area contributed by atoms with E-state index in [0.29, 0.717) is 28.4 Å². The van der Waals surface area contributed by atoms with Gasteiger partial charge in [0, 0.05) is 24.8 Å². The van der Waals surface area contributed by atoms with Gasteiger partial charge in [0.2, 0.25) is 0 Å². The van der Waals surface area contributed by atoms with Gasteiger partial charge in [-0.1, -0.05) is 42.5 Å². The highest BCUT2D eigenvalue weighted by Crippen LogP contribution is 2.33. The Morgan fingerprint density at radius 3 is 2.48 bits per heavy atom. The first kappa shape index (κ1) is 19.7. The zero-order valence-corrected chi connectivity index (χ0v) is 15.6. The molecule has 1 heterocycles. The fraction of sp³-hybridized carbons (Fsp3) is 0.368. The van der Waals surface area contributed by atoms with Crippen LogP contribution in [-0.4, -0.2) is 30.8 Å². The smallest absolute Gasteiger partial charge is 0.381 e. The number of anilines is 1. The van der Waals surface area contributed by atoms with Crippen molar-refractivity contribution in [3.05, 3.63) is 65.2 Å². The summed E-state index contributed by atoms with van der Waals surface area (Å²) in [6.07, 6.45) is 1.15. The van der Waals surface area contributed by atoms with Gasteiger partial charge >= 0.3 is 15.5 Å². The molecule has 2 aromatic rings. The molecule has 4 nitrogen and oxygen atoms in total. The monoisotopic (exact) mass is 398 g/mol. The molecule has 146 valence electrons. The first-order valence-electron chi connectivity index (χ1n) is 8.64. The molecule has 0 saturated carbocycles. The van der Waals surface area contributed by atoms with Crippen LogP contribution in [0.15, 0.2) is 48.5 Å². The second-order valence-electron chi connectivity index (χ2n) is 6.71. The van der Waals surface area contributed by atoms with Crippen LogP contribution in [0.1, 0.15) is 23.1 Å². The first-order chi connectivity index (χ1) is 12.7. The lowest BCUT2D eigenvalue weighted by Gasteiger charge is -2.25. The zero-order valence-electron chi connectivity index (χ0n) is 14.8. The molecule has 2 aromatic carbocycles. The van der Waals surface area contributed by atoms with Crippen molar-refractivity contribution < 1.29 is 21.6 Å². The van der Waals surface area contributed by atoms with Gasteiger partial charge < -0.3 is 5.32 Å². The van der Waals surface area contributed by atoms with Crippen molar-refractivity contribution >= 4 is 15.7 Å². The van der Waals surface area contributed by atoms with Gasteiger partial charge in [-0.05, 0) is 42.5 Å². The Hall–Kier alpha value is -2.06. The summed E-state index contributed by atoms with van der Waals surface area (Å²) >= 11 is 0. The second-order valence-corrected chi connectivity index (χ2v) is 8.64. The molecule has 3 rings (SSSR count). The van der Waals surface area contributed by atoms with Crippen LogP contribution in [0.4, 0.5) is 18.9 Å². The standard InChI is InChI=1S/C19H21F3N2O2S/c1-14-6-5-9-18-17(14)13-24(27(25,26)19(20,21)22)12-16(23-18)11-10-15-7-3-2-4-8-15/h2-9,16,23H,10-13H2,1H3. The molecule has 0 fully saturated rings. The van der Waals surface area contributed by atoms with Crippen LogP contribution in [0.5, 0.6) is 0 Å². The molecule has 1 aliphatic heterocycles. The Morgan fingerprint density at radius 2 is 1.81 bits per heavy atom. The summed E-state index contributed by atoms with van der Waals surface area (Å²) in [7, 11) is -5.40. The van der Waals surface area contributed by atoms with E-state index in [9.17, 15) is 21.6 Å². The average Bonchev–Trinajstić information content (AvgIpc) is 2.80. The van der Waals surface area contributed by atoms with E-state index in [2.05, 4.69) is 5.32 Å². The molecule has 0 amide bonds. The summed E-state index contributed by atoms with van der Waals surface area (Å²) < 4.78 is 64.2. The highest BCUT2D eigenvalue weighted by molar-refractivity contribution is 7.89. The third-order valence-corrected chi connectivity index (χ3v) is 6.33. The number of aryl methyl sites for hydroxylation is 2. The lowest BCUT2D eigenvalue weighted by atomic mass is 10.0. The number of fused-ring (bicyclic) bond motifs is 1. The maximum atomic E-state index is 13.2. The van der Waals surface area contributed by atoms with Gasteiger partial charge in [0.25, 0.3) is 0 Å². The lowest BCUT2D eigenvalue weighted by Crippen LogP contribution is -2.44. The van der Waals surface area contributed by atoms with E-state index in [4.69, 9.17) is 0 Å². The van der Waals surface area contributed by atoms with Gasteiger partial charge in [-0.15, -0.1) is 0 Å². The van der Waals surface area contributed by atoms with E-state index in [-0.39, 0.29) is 13.1 Å². The quantitative estimate of drug-likeness (QED) is 0.845. The van der Waals surface area contributed by atoms with Crippen LogP contribution < -0.4 is 5.32 Å². The first-order valence-corrected chi connectivity index (χ1v) is 10.1. The fourth-order valence-corrected chi connectivity index (χ4v) is 4.25. The average molecular weight is 398 g/mol. The van der Waals surface area contributed by atoms with E-state index in [1.165, 1.54) is 0 Å². The fourth-order valence-electron chi connectivity index (χ4n) is 3.28. The van der Waals surface area contributed by atoms with Crippen LogP contribution in [0.25, 0.3) is 0 Å². The summed E-state index contributed by atoms with van der Waals surface area (Å²) in [6.45, 7) is 1.24. The van der Waals surface area contributed by atoms with E-state index in [1.807, 2.05) is 36.4 Å². The Kier molecular flexibility index (Phi) is 5.48. The Labute approximate surface area is 157 Å². The van der Waals surface area contributed by atoms with E-state index in [0.717, 1.165) is 11.1 Å². The van der Waals surface area contributed by atoms with Gasteiger partial charge in [0.15, 0.2) is 0 Å². The number of sulfonamides is 1. The minimum atomic E-state index is -5.40. The van der Waals surface area contributed by atoms with Crippen LogP contribution in [-0.2, 0) is 23.0 Å². The predicted octanol–water partition coefficient (Wildman–Crippen LogP) is 4.07. The van der Waals surface area contributed by atoms with Crippen molar-refractivity contribution in [2.24, 2.45) is 0 Å². The number of hydrogen-bond acceptors (Lipinski definition) is 3. The van der Waals surface area contributed by atoms with Gasteiger partial charge in [0.1, 0.15) is 0 Å². The normalized spacial score (nSPS) is 18.4. The SMILES string of the molecule is Cc1cccc2c1CN(S(=O)(=O)C(F)(F)F)CC(CCc1ccccc1)N2. The molecule has 27 heavy (non-hydrogen) atoms. The third-order valence-electron chi connectivity index (χ3n) is 4.79. The molecule has 1 aliphatic rings. The number of benzene rings is 2. The Morgan fingerprint density at radius 1 is 1.11 bits per heavy atom. The van der Waals surface area contributed by atoms with Crippen LogP contribution >= 0.6 is 0 Å². The maximum absolute atomic E-state index is 13.2. The number of nitrogens with one attached hydrogen (secondary N) is 1. The van der Waals surface area contributed by atoms with Crippen molar-refractivity contribution in [3.63, 3.8) is 0 Å². The van der Waals surface area contributed by atoms with Crippen molar-refractivity contribution in [1.82, 2.24) is 4.31 Å². The molecule has 8 heteroatoms. The van der Waals surface area contributed by atoms with Crippen molar-refractivity contribution in [1.29, 1.82) is 0 Å². The van der Waals surface area contributed by atoms with Crippen LogP contribution in [0.3, 0.4) is 0 Å². The van der Waals surface area contributed by atoms with Crippen molar-refractivity contribution in [2.45, 2.75) is 37.9 Å². The summed E-state index contributed by atoms with van der Waals surface area (Å²) in [4.78, 5) is 0. The number of hydrogen-bond donors (Lipinski definition) is 1. The highest BCUT2D eigenvalue weighted by atomic mass is 32.2. The Bertz CT molecular complexity index is 899. The zero-order chi connectivity index (χ0) is 19.7. The maximum Gasteiger partial charge on any atom is 0.511 e. The minimum Gasteiger partial charge on any atom is -0.381 e. The van der Waals surface area contributed by atoms with Crippen molar-refractivity contribution in [2.75, 3.05) is 11.9 Å². The van der Waals surface area contributed by atoms with Gasteiger partial charge in [-0.25, -0.2) is 8.42 Å². The molecule has 0 saturated heterocycles. The summed E-state index contributed by atoms with van der Waals surface area (Å²) in [5.41, 5.74) is -2.24. The molecule has 1 unspecified atom stereocenters. The summed E-state index contributed by atoms with van der Waals surface area (Å²) in [5.74, 6) is 0. The number of alkyl halides is 3. The van der Waals surface area contributed by atoms with E-state index in [1.54, 1.807) is 19.1 Å². The Balaban J connectivity index is 1.90. The number of nitrogens with zero attached hydrogens (tertiary/aromatic N) is 1. The third kappa shape index (κ3) is 4.27. The minimum absolute atomic E-state index is 0.233. The largest absolute Gasteiger partial charge is 0.511 e. The van der Waals surface area contributed by atoms with Gasteiger partial charge in [-0.2, -0.15) is 17.5 Å². The molecule has 0 radical (unpaired) electrons. The number of rotatable bonds is 4. The second kappa shape index (κ2) is 7.52. The molecule has 1 atom stereocenters. The molecule has 0 bridgehead atoms. The number of halogens is 3. The lowest BCUT2D eigenvalue weighted by molar-refractivity contribution is -0.0491. The molecule has 1 N–H and O–H groups in total. The van der Waals surface area contributed by atoms with E-state index < -0.39 is 21.6 Å². The highest BCUT2D eigenvalue weighted by Gasteiger charge is 2.50. The van der Waals surface area contributed by atoms with E-state index >= 15 is 0 Å². The van der Waals surface area contributed by atoms with Crippen LogP contribution in [0.2, 0.25) is 0 Å². The van der Waals surface area contributed by atoms with Crippen molar-refractivity contribution in [3.8, 4) is 0 Å². The molecular formula is C19H21F3N2O2S. The summed E-state index contributed by atoms with van der Waals surface area (Å²) in [5, 5.41) is 3.25. The molecule has 0 aliphatic carbocycles.